The molecule has 1 aliphatic heterocycles. The van der Waals surface area contributed by atoms with E-state index in [9.17, 15) is 0 Å². The number of rotatable bonds is 2. The Hall–Kier alpha value is -6.58. The van der Waals surface area contributed by atoms with Crippen LogP contribution in [0, 0.1) is 0 Å². The fourth-order valence-corrected chi connectivity index (χ4v) is 8.79. The van der Waals surface area contributed by atoms with E-state index in [1.807, 2.05) is 0 Å². The van der Waals surface area contributed by atoms with E-state index in [4.69, 9.17) is 4.74 Å². The highest BCUT2D eigenvalue weighted by molar-refractivity contribution is 6.98. The van der Waals surface area contributed by atoms with E-state index in [0.717, 1.165) is 33.4 Å². The van der Waals surface area contributed by atoms with Crippen LogP contribution in [-0.4, -0.2) is 11.1 Å². The van der Waals surface area contributed by atoms with E-state index in [0.29, 0.717) is 0 Å². The number of benzene rings is 8. The van der Waals surface area contributed by atoms with Crippen LogP contribution in [0.5, 0.6) is 11.5 Å². The van der Waals surface area contributed by atoms with Gasteiger partial charge in [0.05, 0.1) is 21.9 Å². The molecule has 0 fully saturated rings. The van der Waals surface area contributed by atoms with Crippen molar-refractivity contribution in [2.45, 2.75) is 0 Å². The van der Waals surface area contributed by atoms with Crippen LogP contribution in [0.3, 0.4) is 0 Å². The molecule has 0 saturated heterocycles. The first-order valence-electron chi connectivity index (χ1n) is 17.6. The molecule has 3 heteroatoms. The van der Waals surface area contributed by atoms with Crippen LogP contribution in [0.15, 0.2) is 182 Å². The second-order valence-corrected chi connectivity index (χ2v) is 13.6. The molecule has 2 nitrogen and oxygen atoms in total. The van der Waals surface area contributed by atoms with Gasteiger partial charge in [0.2, 0.25) is 0 Å². The minimum absolute atomic E-state index is 0.0523. The molecule has 2 aromatic heterocycles. The molecule has 1 aliphatic rings. The van der Waals surface area contributed by atoms with Crippen LogP contribution in [0.1, 0.15) is 0 Å². The maximum Gasteiger partial charge on any atom is 0.251 e. The lowest BCUT2D eigenvalue weighted by molar-refractivity contribution is 0.493. The summed E-state index contributed by atoms with van der Waals surface area (Å²) in [6.45, 7) is -0.0523. The molecule has 0 N–H and O–H groups in total. The first kappa shape index (κ1) is 28.3. The average molecular weight is 648 g/mol. The normalized spacial score (nSPS) is 12.4. The first-order chi connectivity index (χ1) is 25.3. The van der Waals surface area contributed by atoms with Crippen molar-refractivity contribution in [3.05, 3.63) is 182 Å². The van der Waals surface area contributed by atoms with Gasteiger partial charge >= 0.3 is 0 Å². The highest BCUT2D eigenvalue weighted by atomic mass is 16.5. The molecule has 0 radical (unpaired) electrons. The zero-order valence-corrected chi connectivity index (χ0v) is 27.8. The number of hydrogen-bond acceptors (Lipinski definition) is 1. The molecule has 236 valence electrons. The van der Waals surface area contributed by atoms with Crippen molar-refractivity contribution in [3.63, 3.8) is 0 Å². The topological polar surface area (TPSA) is 13.6 Å². The number of aromatic nitrogens is 1. The zero-order valence-electron chi connectivity index (χ0n) is 27.8. The van der Waals surface area contributed by atoms with Crippen LogP contribution >= 0.6 is 0 Å². The Kier molecular flexibility index (Phi) is 6.08. The molecule has 0 unspecified atom stereocenters. The molecule has 0 amide bonds. The van der Waals surface area contributed by atoms with Gasteiger partial charge in [-0.25, -0.2) is 0 Å². The van der Waals surface area contributed by atoms with E-state index in [1.54, 1.807) is 0 Å². The number of fused-ring (bicyclic) bond motifs is 13. The van der Waals surface area contributed by atoms with E-state index in [2.05, 4.69) is 186 Å². The summed E-state index contributed by atoms with van der Waals surface area (Å²) in [5.74, 6) is 1.84. The number of hydrogen-bond donors (Lipinski definition) is 0. The molecule has 51 heavy (non-hydrogen) atoms. The Labute approximate surface area is 295 Å². The maximum atomic E-state index is 7.16. The van der Waals surface area contributed by atoms with Crippen LogP contribution in [0.25, 0.3) is 70.8 Å². The SMILES string of the molecule is c1ccc(-c2ccccc2B2c3ccccc3Oc3c2cc2c4ccccc4c4ccccc4c4ccccc4n4c5ccccc5c3c24)cc1. The van der Waals surface area contributed by atoms with Crippen LogP contribution < -0.4 is 21.1 Å². The molecular weight excluding hydrogens is 617 g/mol. The van der Waals surface area contributed by atoms with E-state index in [-0.39, 0.29) is 6.71 Å². The second kappa shape index (κ2) is 11.0. The van der Waals surface area contributed by atoms with E-state index < -0.39 is 0 Å². The monoisotopic (exact) mass is 647 g/mol. The Morgan fingerprint density at radius 1 is 0.392 bits per heavy atom. The van der Waals surface area contributed by atoms with Crippen molar-refractivity contribution in [2.75, 3.05) is 0 Å². The van der Waals surface area contributed by atoms with Crippen LogP contribution in [0.4, 0.5) is 0 Å². The van der Waals surface area contributed by atoms with Gasteiger partial charge in [0.15, 0.2) is 0 Å². The predicted octanol–water partition coefficient (Wildman–Crippen LogP) is 10.6. The largest absolute Gasteiger partial charge is 0.458 e. The van der Waals surface area contributed by atoms with Crippen molar-refractivity contribution in [2.24, 2.45) is 0 Å². The van der Waals surface area contributed by atoms with Crippen molar-refractivity contribution in [3.8, 4) is 22.6 Å². The smallest absolute Gasteiger partial charge is 0.251 e. The lowest BCUT2D eigenvalue weighted by Gasteiger charge is -2.29. The molecule has 0 saturated carbocycles. The van der Waals surface area contributed by atoms with Gasteiger partial charge in [-0.05, 0) is 61.8 Å². The van der Waals surface area contributed by atoms with Gasteiger partial charge in [-0.1, -0.05) is 169 Å². The molecule has 0 atom stereocenters. The Balaban J connectivity index is 1.42. The molecule has 0 aliphatic carbocycles. The molecule has 8 aromatic carbocycles. The Morgan fingerprint density at radius 2 is 0.902 bits per heavy atom. The summed E-state index contributed by atoms with van der Waals surface area (Å²) in [5, 5.41) is 9.62. The fourth-order valence-electron chi connectivity index (χ4n) is 8.79. The van der Waals surface area contributed by atoms with Gasteiger partial charge < -0.3 is 9.14 Å². The van der Waals surface area contributed by atoms with Crippen molar-refractivity contribution in [1.29, 1.82) is 0 Å². The summed E-state index contributed by atoms with van der Waals surface area (Å²) in [7, 11) is 0. The third kappa shape index (κ3) is 4.06. The highest BCUT2D eigenvalue weighted by Gasteiger charge is 2.36. The van der Waals surface area contributed by atoms with E-state index in [1.165, 1.54) is 65.2 Å². The van der Waals surface area contributed by atoms with E-state index >= 15 is 0 Å². The minimum atomic E-state index is -0.0523. The molecule has 0 spiro atoms. The summed E-state index contributed by atoms with van der Waals surface area (Å²) in [4.78, 5) is 0. The number of nitrogens with zero attached hydrogens (tertiary/aromatic N) is 1. The molecule has 3 heterocycles. The van der Waals surface area contributed by atoms with Crippen LogP contribution in [0.2, 0.25) is 0 Å². The summed E-state index contributed by atoms with van der Waals surface area (Å²) in [6.07, 6.45) is 0. The average Bonchev–Trinajstić information content (AvgIpc) is 3.56. The first-order valence-corrected chi connectivity index (χ1v) is 17.6. The van der Waals surface area contributed by atoms with Gasteiger partial charge in [0.1, 0.15) is 11.5 Å². The lowest BCUT2D eigenvalue weighted by atomic mass is 9.35. The maximum absolute atomic E-state index is 7.16. The van der Waals surface area contributed by atoms with Crippen molar-refractivity contribution in [1.82, 2.24) is 4.40 Å². The fraction of sp³-hybridized carbons (Fsp3) is 0. The lowest BCUT2D eigenvalue weighted by Crippen LogP contribution is -2.55. The molecule has 0 bridgehead atoms. The van der Waals surface area contributed by atoms with Gasteiger partial charge in [0.25, 0.3) is 6.71 Å². The van der Waals surface area contributed by atoms with Gasteiger partial charge in [-0.3, -0.25) is 0 Å². The van der Waals surface area contributed by atoms with Gasteiger partial charge in [-0.15, -0.1) is 0 Å². The predicted molar refractivity (Wildman–Crippen MR) is 217 cm³/mol. The summed E-state index contributed by atoms with van der Waals surface area (Å²) in [5.41, 5.74) is 9.55. The summed E-state index contributed by atoms with van der Waals surface area (Å²) in [6, 6.07) is 66.2. The summed E-state index contributed by atoms with van der Waals surface area (Å²) >= 11 is 0. The van der Waals surface area contributed by atoms with Crippen LogP contribution in [-0.2, 0) is 0 Å². The van der Waals surface area contributed by atoms with Crippen molar-refractivity contribution < 1.29 is 4.74 Å². The zero-order chi connectivity index (χ0) is 33.5. The Morgan fingerprint density at radius 3 is 1.63 bits per heavy atom. The molecule has 10 aromatic rings. The summed E-state index contributed by atoms with van der Waals surface area (Å²) < 4.78 is 9.65. The van der Waals surface area contributed by atoms with Crippen molar-refractivity contribution >= 4 is 82.7 Å². The minimum Gasteiger partial charge on any atom is -0.458 e. The third-order valence-corrected chi connectivity index (χ3v) is 10.9. The third-order valence-electron chi connectivity index (χ3n) is 10.9. The van der Waals surface area contributed by atoms with Gasteiger partial charge in [-0.2, -0.15) is 0 Å². The quantitative estimate of drug-likeness (QED) is 0.170. The molecular formula is C48H30BNO. The number of ether oxygens (including phenoxy) is 1. The second-order valence-electron chi connectivity index (χ2n) is 13.6. The Bertz CT molecular complexity index is 3070. The van der Waals surface area contributed by atoms with Gasteiger partial charge in [0, 0.05) is 16.2 Å². The highest BCUT2D eigenvalue weighted by Crippen LogP contribution is 2.44. The molecule has 11 rings (SSSR count). The number of para-hydroxylation sites is 3. The standard InChI is InChI=1S/C48H30BNO/c1-2-16-31(17-3-1)32-18-8-11-25-40(32)49-41-26-12-15-29-45(41)51-48-42(49)30-39-36-22-7-5-20-34(36)33-19-4-6-21-35(33)37-23-9-13-27-43(37)50-44-28-14-10-24-38(44)46(48)47(39)50/h1-30H.